The second kappa shape index (κ2) is 5.90. The smallest absolute Gasteiger partial charge is 0.127 e. The highest BCUT2D eigenvalue weighted by Gasteiger charge is 2.18. The Morgan fingerprint density at radius 2 is 1.62 bits per heavy atom. The first kappa shape index (κ1) is 14.7. The van der Waals surface area contributed by atoms with Crippen LogP contribution in [0.4, 0.5) is 4.39 Å². The summed E-state index contributed by atoms with van der Waals surface area (Å²) in [4.78, 5) is -0.180. The lowest BCUT2D eigenvalue weighted by molar-refractivity contribution is 0.613. The molecule has 0 aliphatic rings. The fourth-order valence-electron chi connectivity index (χ4n) is 2.57. The van der Waals surface area contributed by atoms with E-state index in [9.17, 15) is 4.39 Å². The molecule has 0 fully saturated rings. The first-order valence-corrected chi connectivity index (χ1v) is 8.36. The number of alkyl halides is 1. The Hall–Kier alpha value is -1.19. The Bertz CT molecular complexity index is 811. The minimum Gasteiger partial charge on any atom is -0.207 e. The molecule has 0 bridgehead atoms. The lowest BCUT2D eigenvalue weighted by atomic mass is 9.95. The molecule has 3 aromatic carbocycles. The molecule has 106 valence electrons. The van der Waals surface area contributed by atoms with Crippen LogP contribution in [0, 0.1) is 12.7 Å². The van der Waals surface area contributed by atoms with Crippen LogP contribution in [0.15, 0.2) is 59.1 Å². The van der Waals surface area contributed by atoms with E-state index in [2.05, 4.69) is 63.0 Å². The predicted molar refractivity (Wildman–Crippen MR) is 93.6 cm³/mol. The lowest BCUT2D eigenvalue weighted by Gasteiger charge is -2.16. The van der Waals surface area contributed by atoms with E-state index in [0.29, 0.717) is 5.56 Å². The van der Waals surface area contributed by atoms with Gasteiger partial charge in [0, 0.05) is 10.0 Å². The van der Waals surface area contributed by atoms with Gasteiger partial charge in [-0.15, -0.1) is 0 Å². The molecule has 0 saturated carbocycles. The summed E-state index contributed by atoms with van der Waals surface area (Å²) in [5.41, 5.74) is 2.94. The molecule has 0 heterocycles. The Kier molecular flexibility index (Phi) is 4.14. The molecule has 0 nitrogen and oxygen atoms in total. The van der Waals surface area contributed by atoms with Gasteiger partial charge in [-0.05, 0) is 47.0 Å². The van der Waals surface area contributed by atoms with Gasteiger partial charge in [0.1, 0.15) is 5.82 Å². The number of hydrogen-bond donors (Lipinski definition) is 0. The molecule has 21 heavy (non-hydrogen) atoms. The van der Waals surface area contributed by atoms with Gasteiger partial charge in [0.25, 0.3) is 0 Å². The van der Waals surface area contributed by atoms with E-state index in [-0.39, 0.29) is 10.6 Å². The van der Waals surface area contributed by atoms with Crippen LogP contribution in [0.5, 0.6) is 0 Å². The van der Waals surface area contributed by atoms with Crippen molar-refractivity contribution in [3.63, 3.8) is 0 Å². The van der Waals surface area contributed by atoms with Crippen LogP contribution >= 0.6 is 31.9 Å². The average Bonchev–Trinajstić information content (AvgIpc) is 2.50. The SMILES string of the molecule is Cc1ccc(C(Br)c2cc(Br)ccc2F)c2ccccc12. The van der Waals surface area contributed by atoms with Gasteiger partial charge in [-0.3, -0.25) is 0 Å². The first-order chi connectivity index (χ1) is 10.1. The van der Waals surface area contributed by atoms with E-state index in [1.807, 2.05) is 18.2 Å². The van der Waals surface area contributed by atoms with Gasteiger partial charge in [-0.1, -0.05) is 68.3 Å². The third kappa shape index (κ3) is 2.77. The maximum atomic E-state index is 14.1. The van der Waals surface area contributed by atoms with Crippen molar-refractivity contribution in [2.45, 2.75) is 11.8 Å². The van der Waals surface area contributed by atoms with E-state index in [1.165, 1.54) is 17.0 Å². The van der Waals surface area contributed by atoms with Gasteiger partial charge in [0.2, 0.25) is 0 Å². The Morgan fingerprint density at radius 1 is 0.905 bits per heavy atom. The molecule has 0 spiro atoms. The third-order valence-electron chi connectivity index (χ3n) is 3.68. The summed E-state index contributed by atoms with van der Waals surface area (Å²) in [5.74, 6) is -0.204. The number of rotatable bonds is 2. The van der Waals surface area contributed by atoms with Gasteiger partial charge in [0.05, 0.1) is 4.83 Å². The summed E-state index contributed by atoms with van der Waals surface area (Å²) < 4.78 is 15.0. The van der Waals surface area contributed by atoms with Crippen molar-refractivity contribution >= 4 is 42.6 Å². The highest BCUT2D eigenvalue weighted by atomic mass is 79.9. The van der Waals surface area contributed by atoms with Gasteiger partial charge in [-0.25, -0.2) is 4.39 Å². The van der Waals surface area contributed by atoms with Crippen molar-refractivity contribution in [1.29, 1.82) is 0 Å². The van der Waals surface area contributed by atoms with Crippen LogP contribution in [-0.2, 0) is 0 Å². The Balaban J connectivity index is 2.20. The maximum Gasteiger partial charge on any atom is 0.127 e. The molecular formula is C18H13Br2F. The molecule has 0 aliphatic carbocycles. The second-order valence-electron chi connectivity index (χ2n) is 5.05. The normalized spacial score (nSPS) is 12.6. The molecule has 3 heteroatoms. The summed E-state index contributed by atoms with van der Waals surface area (Å²) in [6.45, 7) is 2.09. The quantitative estimate of drug-likeness (QED) is 0.423. The molecule has 0 aromatic heterocycles. The number of hydrogen-bond acceptors (Lipinski definition) is 0. The summed E-state index contributed by atoms with van der Waals surface area (Å²) in [6, 6.07) is 17.4. The number of fused-ring (bicyclic) bond motifs is 1. The third-order valence-corrected chi connectivity index (χ3v) is 5.16. The fourth-order valence-corrected chi connectivity index (χ4v) is 3.70. The summed E-state index contributed by atoms with van der Waals surface area (Å²) >= 11 is 7.07. The van der Waals surface area contributed by atoms with Crippen molar-refractivity contribution < 1.29 is 4.39 Å². The summed E-state index contributed by atoms with van der Waals surface area (Å²) in [7, 11) is 0. The van der Waals surface area contributed by atoms with E-state index in [4.69, 9.17) is 0 Å². The monoisotopic (exact) mass is 406 g/mol. The average molecular weight is 408 g/mol. The standard InChI is InChI=1S/C18H13Br2F/c1-11-6-8-15(14-5-3-2-4-13(11)14)18(20)16-10-12(19)7-9-17(16)21/h2-10,18H,1H3. The van der Waals surface area contributed by atoms with Gasteiger partial charge < -0.3 is 0 Å². The summed E-state index contributed by atoms with van der Waals surface area (Å²) in [6.07, 6.45) is 0. The first-order valence-electron chi connectivity index (χ1n) is 6.65. The molecule has 0 N–H and O–H groups in total. The van der Waals surface area contributed by atoms with Crippen molar-refractivity contribution in [2.75, 3.05) is 0 Å². The second-order valence-corrected chi connectivity index (χ2v) is 6.88. The van der Waals surface area contributed by atoms with Crippen molar-refractivity contribution in [3.8, 4) is 0 Å². The van der Waals surface area contributed by atoms with Crippen molar-refractivity contribution in [2.24, 2.45) is 0 Å². The van der Waals surface area contributed by atoms with E-state index in [0.717, 1.165) is 15.4 Å². The van der Waals surface area contributed by atoms with E-state index >= 15 is 0 Å². The molecule has 0 saturated heterocycles. The van der Waals surface area contributed by atoms with Crippen LogP contribution < -0.4 is 0 Å². The zero-order chi connectivity index (χ0) is 15.0. The zero-order valence-electron chi connectivity index (χ0n) is 11.4. The van der Waals surface area contributed by atoms with Crippen LogP contribution in [0.2, 0.25) is 0 Å². The highest BCUT2D eigenvalue weighted by Crippen LogP contribution is 2.38. The van der Waals surface area contributed by atoms with Crippen molar-refractivity contribution in [1.82, 2.24) is 0 Å². The molecule has 0 radical (unpaired) electrons. The maximum absolute atomic E-state index is 14.1. The van der Waals surface area contributed by atoms with Crippen molar-refractivity contribution in [3.05, 3.63) is 81.6 Å². The minimum absolute atomic E-state index is 0.180. The molecular weight excluding hydrogens is 395 g/mol. The number of aryl methyl sites for hydroxylation is 1. The molecule has 3 aromatic rings. The zero-order valence-corrected chi connectivity index (χ0v) is 14.6. The Morgan fingerprint density at radius 3 is 2.38 bits per heavy atom. The highest BCUT2D eigenvalue weighted by molar-refractivity contribution is 9.10. The molecule has 1 atom stereocenters. The fraction of sp³-hybridized carbons (Fsp3) is 0.111. The van der Waals surface area contributed by atoms with Gasteiger partial charge in [-0.2, -0.15) is 0 Å². The Labute approximate surface area is 140 Å². The number of benzene rings is 3. The van der Waals surface area contributed by atoms with E-state index < -0.39 is 0 Å². The van der Waals surface area contributed by atoms with Crippen LogP contribution in [0.1, 0.15) is 21.5 Å². The van der Waals surface area contributed by atoms with E-state index in [1.54, 1.807) is 6.07 Å². The minimum atomic E-state index is -0.204. The molecule has 3 rings (SSSR count). The molecule has 0 amide bonds. The predicted octanol–water partition coefficient (Wildman–Crippen LogP) is 6.53. The number of halogens is 3. The largest absolute Gasteiger partial charge is 0.207 e. The van der Waals surface area contributed by atoms with Crippen LogP contribution in [0.25, 0.3) is 10.8 Å². The molecule has 0 aliphatic heterocycles. The van der Waals surface area contributed by atoms with Gasteiger partial charge >= 0.3 is 0 Å². The lowest BCUT2D eigenvalue weighted by Crippen LogP contribution is -1.98. The molecule has 1 unspecified atom stereocenters. The topological polar surface area (TPSA) is 0 Å². The summed E-state index contributed by atoms with van der Waals surface area (Å²) in [5, 5.41) is 2.36. The van der Waals surface area contributed by atoms with Crippen LogP contribution in [0.3, 0.4) is 0 Å². The van der Waals surface area contributed by atoms with Crippen LogP contribution in [-0.4, -0.2) is 0 Å². The van der Waals surface area contributed by atoms with Gasteiger partial charge in [0.15, 0.2) is 0 Å².